The van der Waals surface area contributed by atoms with E-state index >= 15 is 0 Å². The molecule has 5 nitrogen and oxygen atoms in total. The van der Waals surface area contributed by atoms with Crippen LogP contribution in [0.4, 0.5) is 4.39 Å². The van der Waals surface area contributed by atoms with Gasteiger partial charge in [-0.1, -0.05) is 18.2 Å². The van der Waals surface area contributed by atoms with Crippen LogP contribution in [0.25, 0.3) is 10.7 Å². The van der Waals surface area contributed by atoms with Gasteiger partial charge in [0, 0.05) is 12.6 Å². The molecule has 4 rings (SSSR count). The summed E-state index contributed by atoms with van der Waals surface area (Å²) in [7, 11) is 0. The van der Waals surface area contributed by atoms with Crippen molar-refractivity contribution in [2.75, 3.05) is 6.54 Å². The molecule has 2 aromatic heterocycles. The van der Waals surface area contributed by atoms with Crippen molar-refractivity contribution in [1.29, 1.82) is 0 Å². The quantitative estimate of drug-likeness (QED) is 0.619. The average molecular weight is 417 g/mol. The molecule has 0 spiro atoms. The first-order valence-corrected chi connectivity index (χ1v) is 10.6. The van der Waals surface area contributed by atoms with Gasteiger partial charge in [0.15, 0.2) is 10.6 Å². The third-order valence-corrected chi connectivity index (χ3v) is 6.37. The number of likely N-dealkylation sites (tertiary alicyclic amines) is 1. The maximum absolute atomic E-state index is 13.5. The molecular weight excluding hydrogens is 395 g/mol. The zero-order valence-corrected chi connectivity index (χ0v) is 17.1. The molecule has 0 aliphatic carbocycles. The van der Waals surface area contributed by atoms with Gasteiger partial charge in [0.2, 0.25) is 5.91 Å². The standard InChI is InChI=1S/C20H21FN4OS2/c1-13(25-18(22-23-20(25)27)17-8-4-10-28-17)19(26)24-9-3-7-16(24)12-14-5-2-6-15(21)11-14/h2,4-6,8,10-11,13,16H,3,7,9,12H2,1H3,(H,23,27). The summed E-state index contributed by atoms with van der Waals surface area (Å²) in [5.41, 5.74) is 0.913. The van der Waals surface area contributed by atoms with Crippen LogP contribution in [0.1, 0.15) is 31.4 Å². The van der Waals surface area contributed by atoms with Gasteiger partial charge in [0.05, 0.1) is 4.88 Å². The van der Waals surface area contributed by atoms with E-state index in [1.165, 1.54) is 6.07 Å². The van der Waals surface area contributed by atoms with E-state index in [1.54, 1.807) is 28.0 Å². The molecule has 1 aliphatic heterocycles. The summed E-state index contributed by atoms with van der Waals surface area (Å²) in [6.45, 7) is 2.57. The third-order valence-electron chi connectivity index (χ3n) is 5.21. The number of aromatic amines is 1. The van der Waals surface area contributed by atoms with Crippen LogP contribution in [0.2, 0.25) is 0 Å². The Bertz CT molecular complexity index is 1030. The molecule has 28 heavy (non-hydrogen) atoms. The van der Waals surface area contributed by atoms with Crippen molar-refractivity contribution in [2.24, 2.45) is 0 Å². The van der Waals surface area contributed by atoms with Crippen molar-refractivity contribution in [3.05, 3.63) is 57.9 Å². The molecule has 0 bridgehead atoms. The number of aromatic nitrogens is 3. The van der Waals surface area contributed by atoms with Crippen molar-refractivity contribution in [3.8, 4) is 10.7 Å². The van der Waals surface area contributed by atoms with Gasteiger partial charge in [-0.15, -0.1) is 11.3 Å². The first kappa shape index (κ1) is 19.0. The van der Waals surface area contributed by atoms with E-state index in [0.29, 0.717) is 23.6 Å². The highest BCUT2D eigenvalue weighted by Gasteiger charge is 2.33. The highest BCUT2D eigenvalue weighted by Crippen LogP contribution is 2.29. The van der Waals surface area contributed by atoms with Crippen LogP contribution in [-0.2, 0) is 11.2 Å². The second kappa shape index (κ2) is 7.97. The van der Waals surface area contributed by atoms with Crippen LogP contribution >= 0.6 is 23.6 Å². The highest BCUT2D eigenvalue weighted by molar-refractivity contribution is 7.71. The van der Waals surface area contributed by atoms with E-state index in [1.807, 2.05) is 35.4 Å². The van der Waals surface area contributed by atoms with Crippen molar-refractivity contribution in [3.63, 3.8) is 0 Å². The lowest BCUT2D eigenvalue weighted by molar-refractivity contribution is -0.135. The SMILES string of the molecule is CC(C(=O)N1CCCC1Cc1cccc(F)c1)n1c(-c2cccs2)n[nH]c1=S. The maximum atomic E-state index is 13.5. The molecule has 1 aliphatic rings. The molecule has 0 saturated carbocycles. The van der Waals surface area contributed by atoms with Gasteiger partial charge in [-0.25, -0.2) is 4.39 Å². The lowest BCUT2D eigenvalue weighted by atomic mass is 10.0. The van der Waals surface area contributed by atoms with E-state index < -0.39 is 6.04 Å². The largest absolute Gasteiger partial charge is 0.338 e. The second-order valence-electron chi connectivity index (χ2n) is 7.04. The molecule has 146 valence electrons. The lowest BCUT2D eigenvalue weighted by Gasteiger charge is -2.28. The summed E-state index contributed by atoms with van der Waals surface area (Å²) < 4.78 is 15.8. The number of hydrogen-bond donors (Lipinski definition) is 1. The van der Waals surface area contributed by atoms with Gasteiger partial charge in [-0.3, -0.25) is 14.5 Å². The van der Waals surface area contributed by atoms with Gasteiger partial charge >= 0.3 is 0 Å². The minimum absolute atomic E-state index is 0.0224. The molecule has 3 aromatic rings. The Balaban J connectivity index is 1.57. The Kier molecular flexibility index (Phi) is 5.41. The fourth-order valence-corrected chi connectivity index (χ4v) is 4.87. The zero-order chi connectivity index (χ0) is 19.7. The van der Waals surface area contributed by atoms with Gasteiger partial charge in [0.1, 0.15) is 11.9 Å². The molecule has 1 N–H and O–H groups in total. The van der Waals surface area contributed by atoms with Crippen molar-refractivity contribution >= 4 is 29.5 Å². The number of benzene rings is 1. The van der Waals surface area contributed by atoms with Crippen LogP contribution in [0, 0.1) is 10.6 Å². The Morgan fingerprint density at radius 1 is 1.43 bits per heavy atom. The normalized spacial score (nSPS) is 17.8. The Hall–Kier alpha value is -2.32. The maximum Gasteiger partial charge on any atom is 0.245 e. The molecule has 3 heterocycles. The first-order chi connectivity index (χ1) is 13.5. The Labute approximate surface area is 171 Å². The predicted octanol–water partition coefficient (Wildman–Crippen LogP) is 4.60. The van der Waals surface area contributed by atoms with E-state index in [4.69, 9.17) is 12.2 Å². The number of carbonyl (C=O) groups is 1. The predicted molar refractivity (Wildman–Crippen MR) is 110 cm³/mol. The molecule has 2 atom stereocenters. The molecule has 8 heteroatoms. The summed E-state index contributed by atoms with van der Waals surface area (Å²) in [6, 6.07) is 10.1. The first-order valence-electron chi connectivity index (χ1n) is 9.30. The minimum Gasteiger partial charge on any atom is -0.338 e. The highest BCUT2D eigenvalue weighted by atomic mass is 32.1. The van der Waals surface area contributed by atoms with Crippen molar-refractivity contribution in [1.82, 2.24) is 19.7 Å². The summed E-state index contributed by atoms with van der Waals surface area (Å²) in [5.74, 6) is 0.461. The number of H-pyrrole nitrogens is 1. The van der Waals surface area contributed by atoms with Gasteiger partial charge in [-0.05, 0) is 67.5 Å². The second-order valence-corrected chi connectivity index (χ2v) is 8.37. The van der Waals surface area contributed by atoms with E-state index in [2.05, 4.69) is 10.2 Å². The van der Waals surface area contributed by atoms with Crippen molar-refractivity contribution < 1.29 is 9.18 Å². The van der Waals surface area contributed by atoms with Crippen LogP contribution in [0.3, 0.4) is 0 Å². The molecule has 1 fully saturated rings. The minimum atomic E-state index is -0.462. The fourth-order valence-electron chi connectivity index (χ4n) is 3.87. The van der Waals surface area contributed by atoms with Gasteiger partial charge in [0.25, 0.3) is 0 Å². The number of rotatable bonds is 5. The fraction of sp³-hybridized carbons (Fsp3) is 0.350. The number of nitrogens with one attached hydrogen (secondary N) is 1. The number of amides is 1. The number of halogens is 1. The molecule has 1 saturated heterocycles. The summed E-state index contributed by atoms with van der Waals surface area (Å²) >= 11 is 6.96. The van der Waals surface area contributed by atoms with Gasteiger partial charge in [-0.2, -0.15) is 5.10 Å². The van der Waals surface area contributed by atoms with Crippen LogP contribution in [0.5, 0.6) is 0 Å². The van der Waals surface area contributed by atoms with E-state index in [0.717, 1.165) is 23.3 Å². The Morgan fingerprint density at radius 3 is 3.04 bits per heavy atom. The topological polar surface area (TPSA) is 53.9 Å². The number of nitrogens with zero attached hydrogens (tertiary/aromatic N) is 3. The smallest absolute Gasteiger partial charge is 0.245 e. The van der Waals surface area contributed by atoms with Crippen molar-refractivity contribution in [2.45, 2.75) is 38.3 Å². The number of hydrogen-bond acceptors (Lipinski definition) is 4. The van der Waals surface area contributed by atoms with E-state index in [-0.39, 0.29) is 17.8 Å². The number of thiophene rings is 1. The average Bonchev–Trinajstić information content (AvgIpc) is 3.41. The zero-order valence-electron chi connectivity index (χ0n) is 15.5. The molecule has 1 aromatic carbocycles. The van der Waals surface area contributed by atoms with Gasteiger partial charge < -0.3 is 4.90 Å². The molecule has 2 unspecified atom stereocenters. The lowest BCUT2D eigenvalue weighted by Crippen LogP contribution is -2.40. The molecule has 0 radical (unpaired) electrons. The Morgan fingerprint density at radius 2 is 2.29 bits per heavy atom. The molecular formula is C20H21FN4OS2. The summed E-state index contributed by atoms with van der Waals surface area (Å²) in [5, 5.41) is 9.12. The van der Waals surface area contributed by atoms with Crippen LogP contribution in [-0.4, -0.2) is 38.2 Å². The third kappa shape index (κ3) is 3.66. The van der Waals surface area contributed by atoms with E-state index in [9.17, 15) is 9.18 Å². The monoisotopic (exact) mass is 416 g/mol. The molecule has 1 amide bonds. The summed E-state index contributed by atoms with van der Waals surface area (Å²) in [4.78, 5) is 16.2. The van der Waals surface area contributed by atoms with Crippen LogP contribution < -0.4 is 0 Å². The summed E-state index contributed by atoms with van der Waals surface area (Å²) in [6.07, 6.45) is 2.53. The van der Waals surface area contributed by atoms with Crippen LogP contribution in [0.15, 0.2) is 41.8 Å². The number of carbonyl (C=O) groups excluding carboxylic acids is 1.